The van der Waals surface area contributed by atoms with E-state index in [0.29, 0.717) is 31.2 Å². The highest BCUT2D eigenvalue weighted by Gasteiger charge is 2.27. The van der Waals surface area contributed by atoms with E-state index in [1.807, 2.05) is 0 Å². The standard InChI is InChI=1S/C13H21ClN6O/c1-18(2)10-3-4-20(9-10)13-16-11(14)15-12(17-13)19-5-7-21-8-6-19/h10H,3-9H2,1-2H3. The molecule has 0 radical (unpaired) electrons. The number of nitrogens with zero attached hydrogens (tertiary/aromatic N) is 6. The minimum atomic E-state index is 0.259. The SMILES string of the molecule is CN(C)C1CCN(c2nc(Cl)nc(N3CCOCC3)n2)C1. The van der Waals surface area contributed by atoms with E-state index in [1.54, 1.807) is 0 Å². The molecule has 0 amide bonds. The third kappa shape index (κ3) is 3.36. The quantitative estimate of drug-likeness (QED) is 0.805. The second-order valence-electron chi connectivity index (χ2n) is 5.66. The van der Waals surface area contributed by atoms with Crippen molar-refractivity contribution in [2.45, 2.75) is 12.5 Å². The molecule has 7 nitrogen and oxygen atoms in total. The summed E-state index contributed by atoms with van der Waals surface area (Å²) in [4.78, 5) is 19.7. The lowest BCUT2D eigenvalue weighted by Gasteiger charge is -2.27. The first-order chi connectivity index (χ1) is 10.1. The maximum atomic E-state index is 6.09. The van der Waals surface area contributed by atoms with E-state index >= 15 is 0 Å². The number of hydrogen-bond donors (Lipinski definition) is 0. The maximum absolute atomic E-state index is 6.09. The van der Waals surface area contributed by atoms with Crippen LogP contribution in [0.2, 0.25) is 5.28 Å². The van der Waals surface area contributed by atoms with E-state index in [9.17, 15) is 0 Å². The van der Waals surface area contributed by atoms with Crippen LogP contribution in [0.25, 0.3) is 0 Å². The molecule has 0 aliphatic carbocycles. The molecular formula is C13H21ClN6O. The Hall–Kier alpha value is -1.18. The van der Waals surface area contributed by atoms with Gasteiger partial charge in [0.2, 0.25) is 17.2 Å². The van der Waals surface area contributed by atoms with Gasteiger partial charge in [-0.25, -0.2) is 0 Å². The van der Waals surface area contributed by atoms with Crippen molar-refractivity contribution >= 4 is 23.5 Å². The first kappa shape index (κ1) is 14.7. The number of aromatic nitrogens is 3. The van der Waals surface area contributed by atoms with Crippen molar-refractivity contribution < 1.29 is 4.74 Å². The average Bonchev–Trinajstić information content (AvgIpc) is 2.98. The molecule has 8 heteroatoms. The van der Waals surface area contributed by atoms with Gasteiger partial charge < -0.3 is 19.4 Å². The Morgan fingerprint density at radius 2 is 1.71 bits per heavy atom. The highest BCUT2D eigenvalue weighted by Crippen LogP contribution is 2.22. The lowest BCUT2D eigenvalue weighted by Crippen LogP contribution is -2.38. The Morgan fingerprint density at radius 1 is 1.05 bits per heavy atom. The van der Waals surface area contributed by atoms with Gasteiger partial charge in [-0.2, -0.15) is 15.0 Å². The van der Waals surface area contributed by atoms with Crippen LogP contribution in [0.15, 0.2) is 0 Å². The second kappa shape index (κ2) is 6.29. The van der Waals surface area contributed by atoms with E-state index in [1.165, 1.54) is 0 Å². The molecule has 0 N–H and O–H groups in total. The van der Waals surface area contributed by atoms with Crippen LogP contribution < -0.4 is 9.80 Å². The number of morpholine rings is 1. The number of hydrogen-bond acceptors (Lipinski definition) is 7. The zero-order chi connectivity index (χ0) is 14.8. The Balaban J connectivity index is 1.78. The summed E-state index contributed by atoms with van der Waals surface area (Å²) in [5.41, 5.74) is 0. The summed E-state index contributed by atoms with van der Waals surface area (Å²) >= 11 is 6.09. The van der Waals surface area contributed by atoms with Crippen molar-refractivity contribution in [1.29, 1.82) is 0 Å². The first-order valence-electron chi connectivity index (χ1n) is 7.29. The van der Waals surface area contributed by atoms with Gasteiger partial charge in [0, 0.05) is 32.2 Å². The molecule has 2 aliphatic rings. The van der Waals surface area contributed by atoms with E-state index in [0.717, 1.165) is 32.6 Å². The van der Waals surface area contributed by atoms with Crippen LogP contribution in [-0.2, 0) is 4.74 Å². The largest absolute Gasteiger partial charge is 0.378 e. The normalized spacial score (nSPS) is 23.1. The van der Waals surface area contributed by atoms with Crippen LogP contribution in [0, 0.1) is 0 Å². The molecule has 1 atom stereocenters. The van der Waals surface area contributed by atoms with Crippen molar-refractivity contribution in [1.82, 2.24) is 19.9 Å². The molecule has 21 heavy (non-hydrogen) atoms. The molecule has 116 valence electrons. The third-order valence-corrected chi connectivity index (χ3v) is 4.22. The lowest BCUT2D eigenvalue weighted by atomic mass is 10.2. The van der Waals surface area contributed by atoms with Crippen molar-refractivity contribution in [2.24, 2.45) is 0 Å². The van der Waals surface area contributed by atoms with Gasteiger partial charge >= 0.3 is 0 Å². The number of likely N-dealkylation sites (N-methyl/N-ethyl adjacent to an activating group) is 1. The van der Waals surface area contributed by atoms with E-state index < -0.39 is 0 Å². The van der Waals surface area contributed by atoms with Crippen molar-refractivity contribution in [3.8, 4) is 0 Å². The zero-order valence-electron chi connectivity index (χ0n) is 12.5. The van der Waals surface area contributed by atoms with Crippen LogP contribution >= 0.6 is 11.6 Å². The minimum absolute atomic E-state index is 0.259. The Labute approximate surface area is 129 Å². The van der Waals surface area contributed by atoms with Crippen LogP contribution in [0.3, 0.4) is 0 Å². The summed E-state index contributed by atoms with van der Waals surface area (Å²) in [6.07, 6.45) is 1.11. The van der Waals surface area contributed by atoms with E-state index in [-0.39, 0.29) is 5.28 Å². The van der Waals surface area contributed by atoms with Gasteiger partial charge in [-0.05, 0) is 32.1 Å². The molecule has 1 aromatic heterocycles. The van der Waals surface area contributed by atoms with Crippen LogP contribution in [-0.4, -0.2) is 79.4 Å². The predicted molar refractivity (Wildman–Crippen MR) is 82.2 cm³/mol. The Kier molecular flexibility index (Phi) is 4.42. The molecule has 0 bridgehead atoms. The molecule has 0 spiro atoms. The monoisotopic (exact) mass is 312 g/mol. The Bertz CT molecular complexity index is 494. The number of rotatable bonds is 3. The fraction of sp³-hybridized carbons (Fsp3) is 0.769. The molecule has 3 heterocycles. The minimum Gasteiger partial charge on any atom is -0.378 e. The summed E-state index contributed by atoms with van der Waals surface area (Å²) in [6.45, 7) is 4.86. The topological polar surface area (TPSA) is 57.6 Å². The first-order valence-corrected chi connectivity index (χ1v) is 7.67. The van der Waals surface area contributed by atoms with Crippen LogP contribution in [0.4, 0.5) is 11.9 Å². The molecule has 0 saturated carbocycles. The van der Waals surface area contributed by atoms with Crippen molar-refractivity contribution in [3.63, 3.8) is 0 Å². The fourth-order valence-electron chi connectivity index (χ4n) is 2.72. The average molecular weight is 313 g/mol. The van der Waals surface area contributed by atoms with Gasteiger partial charge in [0.1, 0.15) is 0 Å². The van der Waals surface area contributed by atoms with Gasteiger partial charge in [-0.3, -0.25) is 0 Å². The molecule has 0 aromatic carbocycles. The smallest absolute Gasteiger partial charge is 0.231 e. The van der Waals surface area contributed by atoms with Gasteiger partial charge in [0.25, 0.3) is 0 Å². The third-order valence-electron chi connectivity index (χ3n) is 4.05. The van der Waals surface area contributed by atoms with Crippen molar-refractivity contribution in [2.75, 3.05) is 63.3 Å². The maximum Gasteiger partial charge on any atom is 0.231 e. The molecule has 1 aromatic rings. The number of ether oxygens (including phenoxy) is 1. The Morgan fingerprint density at radius 3 is 2.33 bits per heavy atom. The van der Waals surface area contributed by atoms with Gasteiger partial charge in [-0.1, -0.05) is 0 Å². The van der Waals surface area contributed by atoms with Crippen LogP contribution in [0.5, 0.6) is 0 Å². The molecule has 2 saturated heterocycles. The summed E-state index contributed by atoms with van der Waals surface area (Å²) in [5, 5.41) is 0.259. The molecule has 1 unspecified atom stereocenters. The molecular weight excluding hydrogens is 292 g/mol. The highest BCUT2D eigenvalue weighted by atomic mass is 35.5. The molecule has 2 aliphatic heterocycles. The predicted octanol–water partition coefficient (Wildman–Crippen LogP) is 0.502. The summed E-state index contributed by atoms with van der Waals surface area (Å²) in [6, 6.07) is 0.535. The summed E-state index contributed by atoms with van der Waals surface area (Å²) < 4.78 is 5.36. The van der Waals surface area contributed by atoms with Gasteiger partial charge in [0.15, 0.2) is 0 Å². The van der Waals surface area contributed by atoms with Crippen molar-refractivity contribution in [3.05, 3.63) is 5.28 Å². The van der Waals surface area contributed by atoms with Crippen LogP contribution in [0.1, 0.15) is 6.42 Å². The zero-order valence-corrected chi connectivity index (χ0v) is 13.3. The number of halogens is 1. The number of anilines is 2. The lowest BCUT2D eigenvalue weighted by molar-refractivity contribution is 0.122. The summed E-state index contributed by atoms with van der Waals surface area (Å²) in [5.74, 6) is 1.34. The second-order valence-corrected chi connectivity index (χ2v) is 5.99. The van der Waals surface area contributed by atoms with E-state index in [2.05, 4.69) is 43.7 Å². The highest BCUT2D eigenvalue weighted by molar-refractivity contribution is 6.28. The fourth-order valence-corrected chi connectivity index (χ4v) is 2.87. The molecule has 2 fully saturated rings. The van der Waals surface area contributed by atoms with E-state index in [4.69, 9.17) is 16.3 Å². The van der Waals surface area contributed by atoms with Gasteiger partial charge in [0.05, 0.1) is 13.2 Å². The summed E-state index contributed by atoms with van der Waals surface area (Å²) in [7, 11) is 4.21. The van der Waals surface area contributed by atoms with Gasteiger partial charge in [-0.15, -0.1) is 0 Å². The molecule has 3 rings (SSSR count).